The minimum Gasteiger partial charge on any atom is -0.342 e. The summed E-state index contributed by atoms with van der Waals surface area (Å²) in [5, 5.41) is 6.53. The summed E-state index contributed by atoms with van der Waals surface area (Å²) in [6, 6.07) is 1.60. The Hall–Kier alpha value is -1.65. The number of aryl methyl sites for hydroxylation is 1. The molecule has 0 radical (unpaired) electrons. The molecule has 1 fully saturated rings. The second-order valence-corrected chi connectivity index (χ2v) is 5.53. The van der Waals surface area contributed by atoms with Crippen LogP contribution in [0.15, 0.2) is 10.9 Å². The van der Waals surface area contributed by atoms with Gasteiger partial charge in [0.05, 0.1) is 5.69 Å². The Morgan fingerprint density at radius 1 is 1.32 bits per heavy atom. The number of likely N-dealkylation sites (tertiary alicyclic amines) is 1. The number of nitrogens with zero attached hydrogens (tertiary/aromatic N) is 2. The minimum atomic E-state index is -0.176. The van der Waals surface area contributed by atoms with Gasteiger partial charge in [0.25, 0.3) is 5.56 Å². The molecule has 0 spiro atoms. The van der Waals surface area contributed by atoms with Gasteiger partial charge in [-0.15, -0.1) is 0 Å². The molecule has 1 saturated heterocycles. The number of H-pyrrole nitrogens is 1. The molecule has 0 saturated carbocycles. The van der Waals surface area contributed by atoms with Crippen LogP contribution in [0, 0.1) is 5.92 Å². The highest BCUT2D eigenvalue weighted by molar-refractivity contribution is 5.79. The number of nitrogens with one attached hydrogen (secondary N) is 1. The standard InChI is InChI=1S/C14H19N3O2/c18-13-9-11-8-10(4-5-12(11)15-16-13)14(19)17-6-2-1-3-7-17/h9-10H,1-8H2,(H,16,18). The van der Waals surface area contributed by atoms with Gasteiger partial charge in [-0.05, 0) is 44.1 Å². The average molecular weight is 261 g/mol. The number of amides is 1. The summed E-state index contributed by atoms with van der Waals surface area (Å²) in [5.74, 6) is 0.305. The fourth-order valence-electron chi connectivity index (χ4n) is 3.12. The molecule has 5 nitrogen and oxygen atoms in total. The van der Waals surface area contributed by atoms with Crippen LogP contribution in [0.5, 0.6) is 0 Å². The van der Waals surface area contributed by atoms with Crippen LogP contribution in [0.25, 0.3) is 0 Å². The SMILES string of the molecule is O=C(C1CCc2n[nH]c(=O)cc2C1)N1CCCCC1. The summed E-state index contributed by atoms with van der Waals surface area (Å²) >= 11 is 0. The Morgan fingerprint density at radius 3 is 2.89 bits per heavy atom. The van der Waals surface area contributed by atoms with Crippen LogP contribution in [-0.4, -0.2) is 34.1 Å². The molecule has 1 unspecified atom stereocenters. The van der Waals surface area contributed by atoms with E-state index in [4.69, 9.17) is 0 Å². The van der Waals surface area contributed by atoms with Gasteiger partial charge in [-0.3, -0.25) is 9.59 Å². The second-order valence-electron chi connectivity index (χ2n) is 5.53. The number of fused-ring (bicyclic) bond motifs is 1. The number of carbonyl (C=O) groups excluding carboxylic acids is 1. The van der Waals surface area contributed by atoms with Crippen LogP contribution < -0.4 is 5.56 Å². The summed E-state index contributed by atoms with van der Waals surface area (Å²) < 4.78 is 0. The van der Waals surface area contributed by atoms with Crippen LogP contribution in [0.2, 0.25) is 0 Å². The molecule has 2 heterocycles. The van der Waals surface area contributed by atoms with Crippen LogP contribution in [0.1, 0.15) is 36.9 Å². The molecule has 5 heteroatoms. The van der Waals surface area contributed by atoms with E-state index in [2.05, 4.69) is 10.2 Å². The maximum absolute atomic E-state index is 12.5. The Kier molecular flexibility index (Phi) is 3.36. The van der Waals surface area contributed by atoms with Crippen molar-refractivity contribution in [3.63, 3.8) is 0 Å². The maximum atomic E-state index is 12.5. The van der Waals surface area contributed by atoms with E-state index in [1.807, 2.05) is 4.90 Å². The van der Waals surface area contributed by atoms with Gasteiger partial charge >= 0.3 is 0 Å². The van der Waals surface area contributed by atoms with E-state index in [1.165, 1.54) is 6.42 Å². The third kappa shape index (κ3) is 2.55. The van der Waals surface area contributed by atoms with Crippen LogP contribution in [-0.2, 0) is 17.6 Å². The van der Waals surface area contributed by atoms with Gasteiger partial charge in [0.15, 0.2) is 0 Å². The Labute approximate surface area is 112 Å². The second kappa shape index (κ2) is 5.15. The van der Waals surface area contributed by atoms with Crippen molar-refractivity contribution in [1.82, 2.24) is 15.1 Å². The van der Waals surface area contributed by atoms with Crippen molar-refractivity contribution < 1.29 is 4.79 Å². The van der Waals surface area contributed by atoms with Gasteiger partial charge in [-0.2, -0.15) is 5.10 Å². The number of piperidine rings is 1. The third-order valence-electron chi connectivity index (χ3n) is 4.19. The molecule has 1 atom stereocenters. The first kappa shape index (κ1) is 12.4. The maximum Gasteiger partial charge on any atom is 0.264 e. The van der Waals surface area contributed by atoms with Crippen molar-refractivity contribution in [3.8, 4) is 0 Å². The number of aromatic amines is 1. The molecule has 0 bridgehead atoms. The topological polar surface area (TPSA) is 66.1 Å². The zero-order valence-corrected chi connectivity index (χ0v) is 11.0. The first-order valence-corrected chi connectivity index (χ1v) is 7.10. The summed E-state index contributed by atoms with van der Waals surface area (Å²) in [5.41, 5.74) is 1.72. The summed E-state index contributed by atoms with van der Waals surface area (Å²) in [7, 11) is 0. The van der Waals surface area contributed by atoms with Gasteiger partial charge in [0.1, 0.15) is 0 Å². The Balaban J connectivity index is 1.74. The van der Waals surface area contributed by atoms with Crippen LogP contribution >= 0.6 is 0 Å². The lowest BCUT2D eigenvalue weighted by Gasteiger charge is -2.32. The monoisotopic (exact) mass is 261 g/mol. The van der Waals surface area contributed by atoms with Gasteiger partial charge in [-0.25, -0.2) is 5.10 Å². The minimum absolute atomic E-state index is 0.0363. The number of hydrogen-bond donors (Lipinski definition) is 1. The highest BCUT2D eigenvalue weighted by atomic mass is 16.2. The number of rotatable bonds is 1. The van der Waals surface area contributed by atoms with Crippen molar-refractivity contribution in [3.05, 3.63) is 27.7 Å². The van der Waals surface area contributed by atoms with Crippen LogP contribution in [0.4, 0.5) is 0 Å². The molecule has 0 aromatic carbocycles. The normalized spacial score (nSPS) is 22.9. The number of hydrogen-bond acceptors (Lipinski definition) is 3. The van der Waals surface area contributed by atoms with E-state index < -0.39 is 0 Å². The van der Waals surface area contributed by atoms with E-state index in [0.29, 0.717) is 6.42 Å². The van der Waals surface area contributed by atoms with E-state index >= 15 is 0 Å². The highest BCUT2D eigenvalue weighted by Crippen LogP contribution is 2.25. The molecule has 3 rings (SSSR count). The molecule has 1 aromatic heterocycles. The first-order valence-electron chi connectivity index (χ1n) is 7.10. The van der Waals surface area contributed by atoms with E-state index in [-0.39, 0.29) is 17.4 Å². The Bertz CT molecular complexity index is 532. The smallest absolute Gasteiger partial charge is 0.264 e. The molecule has 19 heavy (non-hydrogen) atoms. The predicted molar refractivity (Wildman–Crippen MR) is 70.8 cm³/mol. The first-order chi connectivity index (χ1) is 9.24. The molecule has 1 aliphatic carbocycles. The molecular weight excluding hydrogens is 242 g/mol. The molecule has 2 aliphatic rings. The van der Waals surface area contributed by atoms with Gasteiger partial charge in [0, 0.05) is 25.1 Å². The van der Waals surface area contributed by atoms with Gasteiger partial charge in [-0.1, -0.05) is 0 Å². The van der Waals surface area contributed by atoms with Crippen molar-refractivity contribution in [2.24, 2.45) is 5.92 Å². The lowest BCUT2D eigenvalue weighted by molar-refractivity contribution is -0.136. The molecule has 1 aliphatic heterocycles. The van der Waals surface area contributed by atoms with E-state index in [0.717, 1.165) is 50.0 Å². The average Bonchev–Trinajstić information content (AvgIpc) is 2.46. The molecule has 102 valence electrons. The number of carbonyl (C=O) groups is 1. The van der Waals surface area contributed by atoms with Gasteiger partial charge < -0.3 is 4.90 Å². The van der Waals surface area contributed by atoms with Crippen LogP contribution in [0.3, 0.4) is 0 Å². The molecule has 1 aromatic rings. The summed E-state index contributed by atoms with van der Waals surface area (Å²) in [4.78, 5) is 25.8. The fraction of sp³-hybridized carbons (Fsp3) is 0.643. The van der Waals surface area contributed by atoms with Crippen molar-refractivity contribution in [1.29, 1.82) is 0 Å². The lowest BCUT2D eigenvalue weighted by atomic mass is 9.85. The van der Waals surface area contributed by atoms with Crippen molar-refractivity contribution >= 4 is 5.91 Å². The van der Waals surface area contributed by atoms with Gasteiger partial charge in [0.2, 0.25) is 5.91 Å². The van der Waals surface area contributed by atoms with Crippen molar-refractivity contribution in [2.45, 2.75) is 38.5 Å². The zero-order valence-electron chi connectivity index (χ0n) is 11.0. The predicted octanol–water partition coefficient (Wildman–Crippen LogP) is 0.887. The Morgan fingerprint density at radius 2 is 2.11 bits per heavy atom. The summed E-state index contributed by atoms with van der Waals surface area (Å²) in [6.45, 7) is 1.80. The summed E-state index contributed by atoms with van der Waals surface area (Å²) in [6.07, 6.45) is 5.78. The highest BCUT2D eigenvalue weighted by Gasteiger charge is 2.29. The lowest BCUT2D eigenvalue weighted by Crippen LogP contribution is -2.41. The van der Waals surface area contributed by atoms with Crippen molar-refractivity contribution in [2.75, 3.05) is 13.1 Å². The fourth-order valence-corrected chi connectivity index (χ4v) is 3.12. The molecule has 1 amide bonds. The third-order valence-corrected chi connectivity index (χ3v) is 4.19. The largest absolute Gasteiger partial charge is 0.342 e. The van der Waals surface area contributed by atoms with E-state index in [1.54, 1.807) is 6.07 Å². The quantitative estimate of drug-likeness (QED) is 0.816. The molecular formula is C14H19N3O2. The number of aromatic nitrogens is 2. The molecule has 1 N–H and O–H groups in total. The zero-order chi connectivity index (χ0) is 13.2. The van der Waals surface area contributed by atoms with E-state index in [9.17, 15) is 9.59 Å².